The average molecular weight is 498 g/mol. The number of likely N-dealkylation sites (tertiary alicyclic amines) is 1. The van der Waals surface area contributed by atoms with E-state index in [-0.39, 0.29) is 17.9 Å². The van der Waals surface area contributed by atoms with E-state index in [1.807, 2.05) is 31.3 Å². The van der Waals surface area contributed by atoms with Gasteiger partial charge in [0.2, 0.25) is 0 Å². The summed E-state index contributed by atoms with van der Waals surface area (Å²) in [4.78, 5) is 35.7. The molecule has 1 atom stereocenters. The number of fused-ring (bicyclic) bond motifs is 1. The first-order valence-electron chi connectivity index (χ1n) is 12.1. The Hall–Kier alpha value is -4.59. The van der Waals surface area contributed by atoms with Crippen molar-refractivity contribution >= 4 is 28.4 Å². The highest BCUT2D eigenvalue weighted by atomic mass is 16.5. The molecule has 1 aliphatic heterocycles. The number of nitrogens with zero attached hydrogens (tertiary/aromatic N) is 2. The Morgan fingerprint density at radius 1 is 1.08 bits per heavy atom. The van der Waals surface area contributed by atoms with Crippen LogP contribution in [-0.2, 0) is 16.0 Å². The van der Waals surface area contributed by atoms with Crippen molar-refractivity contribution in [3.8, 4) is 11.5 Å². The van der Waals surface area contributed by atoms with Crippen LogP contribution in [0.2, 0.25) is 0 Å². The molecule has 1 amide bonds. The molecule has 0 spiro atoms. The maximum atomic E-state index is 13.3. The Kier molecular flexibility index (Phi) is 6.64. The van der Waals surface area contributed by atoms with E-state index < -0.39 is 17.7 Å². The number of carbonyl (C=O) groups excluding carboxylic acids is 2. The molecule has 3 heterocycles. The van der Waals surface area contributed by atoms with Gasteiger partial charge in [-0.1, -0.05) is 6.07 Å². The van der Waals surface area contributed by atoms with E-state index in [1.165, 1.54) is 4.90 Å². The monoisotopic (exact) mass is 497 g/mol. The number of methoxy groups -OCH3 is 1. The Morgan fingerprint density at radius 3 is 2.57 bits per heavy atom. The first-order valence-corrected chi connectivity index (χ1v) is 12.1. The molecule has 8 nitrogen and oxygen atoms in total. The summed E-state index contributed by atoms with van der Waals surface area (Å²) >= 11 is 0. The fourth-order valence-electron chi connectivity index (χ4n) is 4.72. The minimum Gasteiger partial charge on any atom is -0.507 e. The number of Topliss-reactive ketones (excluding diaryl/α,β-unsaturated/α-hetero) is 1. The van der Waals surface area contributed by atoms with Crippen molar-refractivity contribution in [2.75, 3.05) is 20.3 Å². The van der Waals surface area contributed by atoms with E-state index in [2.05, 4.69) is 9.97 Å². The molecule has 1 saturated heterocycles. The molecule has 5 rings (SSSR count). The van der Waals surface area contributed by atoms with E-state index in [1.54, 1.807) is 55.8 Å². The van der Waals surface area contributed by atoms with E-state index >= 15 is 0 Å². The number of aromatic amines is 1. The van der Waals surface area contributed by atoms with E-state index in [0.717, 1.165) is 22.2 Å². The molecule has 0 saturated carbocycles. The third-order valence-electron chi connectivity index (χ3n) is 6.54. The number of ketones is 1. The number of rotatable bonds is 8. The fraction of sp³-hybridized carbons (Fsp3) is 0.207. The lowest BCUT2D eigenvalue weighted by molar-refractivity contribution is -0.139. The van der Waals surface area contributed by atoms with E-state index in [0.29, 0.717) is 30.0 Å². The van der Waals surface area contributed by atoms with Gasteiger partial charge >= 0.3 is 0 Å². The highest BCUT2D eigenvalue weighted by Gasteiger charge is 2.46. The summed E-state index contributed by atoms with van der Waals surface area (Å²) in [5.74, 6) is -0.256. The molecule has 1 unspecified atom stereocenters. The van der Waals surface area contributed by atoms with Gasteiger partial charge in [-0.05, 0) is 73.5 Å². The number of aliphatic hydroxyl groups excluding tert-OH is 1. The van der Waals surface area contributed by atoms with Crippen molar-refractivity contribution < 1.29 is 24.2 Å². The van der Waals surface area contributed by atoms with Gasteiger partial charge in [0.25, 0.3) is 11.7 Å². The summed E-state index contributed by atoms with van der Waals surface area (Å²) in [6, 6.07) is 17.0. The van der Waals surface area contributed by atoms with Gasteiger partial charge in [0.1, 0.15) is 23.3 Å². The van der Waals surface area contributed by atoms with E-state index in [9.17, 15) is 14.7 Å². The second kappa shape index (κ2) is 10.2. The SMILES string of the molecule is CCOc1ccc(/C(O)=C2/C(=O)C(=O)N(CCc3c[nH]c4ccc(OC)cc34)C2c2ccccn2)cc1. The van der Waals surface area contributed by atoms with Crippen molar-refractivity contribution in [3.63, 3.8) is 0 Å². The zero-order chi connectivity index (χ0) is 25.9. The molecule has 188 valence electrons. The van der Waals surface area contributed by atoms with Gasteiger partial charge in [-0.25, -0.2) is 0 Å². The van der Waals surface area contributed by atoms with Gasteiger partial charge in [-0.15, -0.1) is 0 Å². The number of aromatic nitrogens is 2. The molecule has 8 heteroatoms. The Bertz CT molecular complexity index is 1470. The lowest BCUT2D eigenvalue weighted by atomic mass is 9.98. The van der Waals surface area contributed by atoms with Gasteiger partial charge in [0.05, 0.1) is 25.0 Å². The first-order chi connectivity index (χ1) is 18.0. The molecule has 2 N–H and O–H groups in total. The van der Waals surface area contributed by atoms with Crippen LogP contribution in [0.15, 0.2) is 78.6 Å². The van der Waals surface area contributed by atoms with Gasteiger partial charge in [-0.2, -0.15) is 0 Å². The summed E-state index contributed by atoms with van der Waals surface area (Å²) in [7, 11) is 1.62. The summed E-state index contributed by atoms with van der Waals surface area (Å²) in [6.45, 7) is 2.66. The highest BCUT2D eigenvalue weighted by molar-refractivity contribution is 6.46. The first kappa shape index (κ1) is 24.1. The zero-order valence-corrected chi connectivity index (χ0v) is 20.6. The van der Waals surface area contributed by atoms with Crippen LogP contribution in [0.1, 0.15) is 29.8 Å². The van der Waals surface area contributed by atoms with Gasteiger partial charge in [0, 0.05) is 35.4 Å². The number of pyridine rings is 1. The van der Waals surface area contributed by atoms with Crippen LogP contribution in [0, 0.1) is 0 Å². The predicted molar refractivity (Wildman–Crippen MR) is 139 cm³/mol. The third-order valence-corrected chi connectivity index (χ3v) is 6.54. The minimum atomic E-state index is -0.812. The van der Waals surface area contributed by atoms with Crippen LogP contribution in [0.5, 0.6) is 11.5 Å². The lowest BCUT2D eigenvalue weighted by Crippen LogP contribution is -2.32. The molecular formula is C29H27N3O5. The molecule has 2 aromatic carbocycles. The van der Waals surface area contributed by atoms with Crippen LogP contribution in [0.4, 0.5) is 0 Å². The molecule has 0 aliphatic carbocycles. The second-order valence-corrected chi connectivity index (χ2v) is 8.68. The van der Waals surface area contributed by atoms with Gasteiger partial charge in [-0.3, -0.25) is 14.6 Å². The number of ether oxygens (including phenoxy) is 2. The quantitative estimate of drug-likeness (QED) is 0.209. The number of hydrogen-bond donors (Lipinski definition) is 2. The number of aliphatic hydroxyl groups is 1. The minimum absolute atomic E-state index is 0.0217. The largest absolute Gasteiger partial charge is 0.507 e. The van der Waals surface area contributed by atoms with E-state index in [4.69, 9.17) is 9.47 Å². The molecule has 1 fully saturated rings. The number of hydrogen-bond acceptors (Lipinski definition) is 6. The maximum Gasteiger partial charge on any atom is 0.295 e. The molecule has 37 heavy (non-hydrogen) atoms. The van der Waals surface area contributed by atoms with Crippen LogP contribution >= 0.6 is 0 Å². The Labute approximate surface area is 214 Å². The Morgan fingerprint density at radius 2 is 1.86 bits per heavy atom. The van der Waals surface area contributed by atoms with Crippen molar-refractivity contribution in [2.24, 2.45) is 0 Å². The van der Waals surface area contributed by atoms with Gasteiger partial charge < -0.3 is 24.5 Å². The average Bonchev–Trinajstić information content (AvgIpc) is 3.45. The number of nitrogens with one attached hydrogen (secondary N) is 1. The van der Waals surface area contributed by atoms with Crippen molar-refractivity contribution in [2.45, 2.75) is 19.4 Å². The molecule has 0 radical (unpaired) electrons. The van der Waals surface area contributed by atoms with Crippen molar-refractivity contribution in [1.82, 2.24) is 14.9 Å². The van der Waals surface area contributed by atoms with Crippen LogP contribution < -0.4 is 9.47 Å². The summed E-state index contributed by atoms with van der Waals surface area (Å²) in [6.07, 6.45) is 4.00. The molecule has 1 aliphatic rings. The van der Waals surface area contributed by atoms with Crippen LogP contribution in [0.3, 0.4) is 0 Å². The van der Waals surface area contributed by atoms with Crippen molar-refractivity contribution in [3.05, 3.63) is 95.5 Å². The smallest absolute Gasteiger partial charge is 0.295 e. The number of H-pyrrole nitrogens is 1. The molecule has 0 bridgehead atoms. The molecule has 4 aromatic rings. The van der Waals surface area contributed by atoms with Gasteiger partial charge in [0.15, 0.2) is 0 Å². The summed E-state index contributed by atoms with van der Waals surface area (Å²) < 4.78 is 10.8. The van der Waals surface area contributed by atoms with Crippen molar-refractivity contribution in [1.29, 1.82) is 0 Å². The normalized spacial score (nSPS) is 16.9. The highest BCUT2D eigenvalue weighted by Crippen LogP contribution is 2.39. The third kappa shape index (κ3) is 4.53. The topological polar surface area (TPSA) is 105 Å². The second-order valence-electron chi connectivity index (χ2n) is 8.68. The standard InChI is InChI=1S/C29H27N3O5/c1-3-37-20-9-7-18(8-10-20)27(33)25-26(24-6-4-5-14-30-24)32(29(35)28(25)34)15-13-19-17-31-23-12-11-21(36-2)16-22(19)23/h4-12,14,16-17,26,31,33H,3,13,15H2,1-2H3/b27-25-. The van der Waals surface area contributed by atoms with Crippen LogP contribution in [-0.4, -0.2) is 51.9 Å². The molecule has 2 aromatic heterocycles. The zero-order valence-electron chi connectivity index (χ0n) is 20.6. The maximum absolute atomic E-state index is 13.3. The summed E-state index contributed by atoms with van der Waals surface area (Å²) in [5, 5.41) is 12.2. The number of carbonyl (C=O) groups is 2. The lowest BCUT2D eigenvalue weighted by Gasteiger charge is -2.24. The summed E-state index contributed by atoms with van der Waals surface area (Å²) in [5.41, 5.74) is 2.89. The molecular weight excluding hydrogens is 470 g/mol. The predicted octanol–water partition coefficient (Wildman–Crippen LogP) is 4.63. The van der Waals surface area contributed by atoms with Crippen LogP contribution in [0.25, 0.3) is 16.7 Å². The number of benzene rings is 2. The number of amides is 1. The fourth-order valence-corrected chi connectivity index (χ4v) is 4.72. The Balaban J connectivity index is 1.51.